The topological polar surface area (TPSA) is 77.5 Å². The van der Waals surface area contributed by atoms with E-state index in [1.165, 1.54) is 0 Å². The smallest absolute Gasteiger partial charge is 0.320 e. The summed E-state index contributed by atoms with van der Waals surface area (Å²) in [5.74, 6) is -0.262. The monoisotopic (exact) mass is 248 g/mol. The number of carbonyl (C=O) groups is 1. The fourth-order valence-corrected chi connectivity index (χ4v) is 2.02. The van der Waals surface area contributed by atoms with Crippen LogP contribution in [0.2, 0.25) is 0 Å². The number of carboxylic acids is 1. The number of nitrogens with two attached hydrogens (primary N) is 1. The number of hydrogen-bond donors (Lipinski definition) is 2. The fraction of sp³-hybridized carbons (Fsp3) is 0.308. The first kappa shape index (κ1) is 12.4. The van der Waals surface area contributed by atoms with E-state index in [9.17, 15) is 4.79 Å². The predicted molar refractivity (Wildman–Crippen MR) is 68.8 cm³/mol. The van der Waals surface area contributed by atoms with Gasteiger partial charge < -0.3 is 20.1 Å². The van der Waals surface area contributed by atoms with Crippen molar-refractivity contribution < 1.29 is 14.6 Å². The Kier molecular flexibility index (Phi) is 3.25. The van der Waals surface area contributed by atoms with Crippen molar-refractivity contribution in [3.63, 3.8) is 0 Å². The number of benzene rings is 1. The standard InChI is InChI=1S/C13H16N2O3/c1-15-4-3-9-11(15)6-8(7-12(9)18-2)5-10(14)13(16)17/h3-4,6-7,10H,5,14H2,1-2H3,(H,16,17). The summed E-state index contributed by atoms with van der Waals surface area (Å²) in [4.78, 5) is 10.8. The first-order chi connectivity index (χ1) is 8.52. The molecule has 2 aromatic rings. The summed E-state index contributed by atoms with van der Waals surface area (Å²) in [7, 11) is 3.53. The molecule has 2 rings (SSSR count). The van der Waals surface area contributed by atoms with Gasteiger partial charge in [0.2, 0.25) is 0 Å². The molecule has 1 atom stereocenters. The third-order valence-corrected chi connectivity index (χ3v) is 3.02. The maximum Gasteiger partial charge on any atom is 0.320 e. The number of hydrogen-bond acceptors (Lipinski definition) is 3. The molecule has 18 heavy (non-hydrogen) atoms. The van der Waals surface area contributed by atoms with Gasteiger partial charge in [-0.2, -0.15) is 0 Å². The van der Waals surface area contributed by atoms with Crippen molar-refractivity contribution in [1.29, 1.82) is 0 Å². The Labute approximate surface area is 105 Å². The molecule has 0 bridgehead atoms. The molecule has 0 amide bonds. The van der Waals surface area contributed by atoms with Crippen LogP contribution >= 0.6 is 0 Å². The summed E-state index contributed by atoms with van der Waals surface area (Å²) >= 11 is 0. The van der Waals surface area contributed by atoms with Crippen molar-refractivity contribution in [2.45, 2.75) is 12.5 Å². The number of aryl methyl sites for hydroxylation is 1. The number of carboxylic acid groups (broad SMARTS) is 1. The van der Waals surface area contributed by atoms with Gasteiger partial charge in [0.15, 0.2) is 0 Å². The highest BCUT2D eigenvalue weighted by molar-refractivity contribution is 5.87. The van der Waals surface area contributed by atoms with Crippen LogP contribution in [0.15, 0.2) is 24.4 Å². The van der Waals surface area contributed by atoms with Gasteiger partial charge >= 0.3 is 5.97 Å². The lowest BCUT2D eigenvalue weighted by molar-refractivity contribution is -0.138. The molecule has 0 saturated heterocycles. The van der Waals surface area contributed by atoms with E-state index in [0.717, 1.165) is 22.2 Å². The summed E-state index contributed by atoms with van der Waals surface area (Å²) in [5, 5.41) is 9.84. The molecule has 0 fully saturated rings. The highest BCUT2D eigenvalue weighted by Gasteiger charge is 2.14. The molecule has 0 saturated carbocycles. The highest BCUT2D eigenvalue weighted by Crippen LogP contribution is 2.28. The normalized spacial score (nSPS) is 12.6. The van der Waals surface area contributed by atoms with Gasteiger partial charge in [-0.15, -0.1) is 0 Å². The molecule has 3 N–H and O–H groups in total. The van der Waals surface area contributed by atoms with Crippen LogP contribution in [0.1, 0.15) is 5.56 Å². The molecule has 96 valence electrons. The first-order valence-electron chi connectivity index (χ1n) is 5.63. The maximum absolute atomic E-state index is 10.8. The lowest BCUT2D eigenvalue weighted by Gasteiger charge is -2.10. The van der Waals surface area contributed by atoms with Gasteiger partial charge in [0.25, 0.3) is 0 Å². The summed E-state index contributed by atoms with van der Waals surface area (Å²) in [6.07, 6.45) is 2.22. The predicted octanol–water partition coefficient (Wildman–Crippen LogP) is 1.14. The zero-order valence-corrected chi connectivity index (χ0v) is 10.4. The quantitative estimate of drug-likeness (QED) is 0.850. The largest absolute Gasteiger partial charge is 0.496 e. The Morgan fingerprint density at radius 1 is 1.56 bits per heavy atom. The molecule has 0 aliphatic rings. The minimum Gasteiger partial charge on any atom is -0.496 e. The molecule has 0 aliphatic heterocycles. The number of fused-ring (bicyclic) bond motifs is 1. The highest BCUT2D eigenvalue weighted by atomic mass is 16.5. The van der Waals surface area contributed by atoms with Crippen molar-refractivity contribution >= 4 is 16.9 Å². The van der Waals surface area contributed by atoms with Gasteiger partial charge in [-0.05, 0) is 30.2 Å². The number of rotatable bonds is 4. The third kappa shape index (κ3) is 2.17. The van der Waals surface area contributed by atoms with E-state index in [1.807, 2.05) is 36.0 Å². The molecule has 5 heteroatoms. The summed E-state index contributed by atoms with van der Waals surface area (Å²) in [6.45, 7) is 0. The number of aliphatic carboxylic acids is 1. The SMILES string of the molecule is COc1cc(CC(N)C(=O)O)cc2c1ccn2C. The van der Waals surface area contributed by atoms with E-state index < -0.39 is 12.0 Å². The zero-order valence-electron chi connectivity index (χ0n) is 10.4. The van der Waals surface area contributed by atoms with Crippen molar-refractivity contribution in [3.8, 4) is 5.75 Å². The molecule has 5 nitrogen and oxygen atoms in total. The van der Waals surface area contributed by atoms with Crippen LogP contribution in [-0.2, 0) is 18.3 Å². The van der Waals surface area contributed by atoms with Gasteiger partial charge in [-0.3, -0.25) is 4.79 Å². The minimum atomic E-state index is -0.999. The van der Waals surface area contributed by atoms with Crippen LogP contribution in [0.5, 0.6) is 5.75 Å². The van der Waals surface area contributed by atoms with Crippen LogP contribution in [0, 0.1) is 0 Å². The average molecular weight is 248 g/mol. The Hall–Kier alpha value is -2.01. The lowest BCUT2D eigenvalue weighted by Crippen LogP contribution is -2.32. The van der Waals surface area contributed by atoms with E-state index >= 15 is 0 Å². The van der Waals surface area contributed by atoms with E-state index in [1.54, 1.807) is 7.11 Å². The molecule has 0 aliphatic carbocycles. The lowest BCUT2D eigenvalue weighted by atomic mass is 10.0. The van der Waals surface area contributed by atoms with Crippen LogP contribution < -0.4 is 10.5 Å². The molecule has 0 spiro atoms. The second-order valence-electron chi connectivity index (χ2n) is 4.31. The van der Waals surface area contributed by atoms with Crippen LogP contribution in [0.4, 0.5) is 0 Å². The minimum absolute atomic E-state index is 0.285. The fourth-order valence-electron chi connectivity index (χ4n) is 2.02. The van der Waals surface area contributed by atoms with Gasteiger partial charge in [-0.1, -0.05) is 0 Å². The third-order valence-electron chi connectivity index (χ3n) is 3.02. The second kappa shape index (κ2) is 4.70. The van der Waals surface area contributed by atoms with E-state index in [-0.39, 0.29) is 6.42 Å². The first-order valence-corrected chi connectivity index (χ1v) is 5.63. The van der Waals surface area contributed by atoms with Crippen molar-refractivity contribution in [1.82, 2.24) is 4.57 Å². The van der Waals surface area contributed by atoms with Gasteiger partial charge in [0.1, 0.15) is 11.8 Å². The van der Waals surface area contributed by atoms with Crippen molar-refractivity contribution in [2.24, 2.45) is 12.8 Å². The number of methoxy groups -OCH3 is 1. The second-order valence-corrected chi connectivity index (χ2v) is 4.31. The molecule has 0 radical (unpaired) electrons. The molecular formula is C13H16N2O3. The van der Waals surface area contributed by atoms with E-state index in [4.69, 9.17) is 15.6 Å². The molecule has 1 aromatic carbocycles. The summed E-state index contributed by atoms with van der Waals surface area (Å²) in [6, 6.07) is 4.85. The van der Waals surface area contributed by atoms with Gasteiger partial charge in [0.05, 0.1) is 12.6 Å². The Morgan fingerprint density at radius 3 is 2.89 bits per heavy atom. The van der Waals surface area contributed by atoms with Gasteiger partial charge in [-0.25, -0.2) is 0 Å². The summed E-state index contributed by atoms with van der Waals surface area (Å²) in [5.41, 5.74) is 7.41. The molecule has 1 unspecified atom stereocenters. The average Bonchev–Trinajstić information content (AvgIpc) is 2.70. The van der Waals surface area contributed by atoms with Crippen molar-refractivity contribution in [3.05, 3.63) is 30.0 Å². The molecule has 1 heterocycles. The molecular weight excluding hydrogens is 232 g/mol. The molecule has 1 aromatic heterocycles. The number of ether oxygens (including phenoxy) is 1. The summed E-state index contributed by atoms with van der Waals surface area (Å²) < 4.78 is 7.29. The maximum atomic E-state index is 10.8. The van der Waals surface area contributed by atoms with Crippen LogP contribution in [0.3, 0.4) is 0 Å². The van der Waals surface area contributed by atoms with Crippen LogP contribution in [0.25, 0.3) is 10.9 Å². The van der Waals surface area contributed by atoms with E-state index in [2.05, 4.69) is 0 Å². The Balaban J connectivity index is 2.45. The van der Waals surface area contributed by atoms with Crippen molar-refractivity contribution in [2.75, 3.05) is 7.11 Å². The Bertz CT molecular complexity index is 589. The van der Waals surface area contributed by atoms with E-state index in [0.29, 0.717) is 0 Å². The van der Waals surface area contributed by atoms with Gasteiger partial charge in [0, 0.05) is 18.6 Å². The zero-order chi connectivity index (χ0) is 13.3. The number of aromatic nitrogens is 1. The number of nitrogens with zero attached hydrogens (tertiary/aromatic N) is 1. The van der Waals surface area contributed by atoms with Crippen LogP contribution in [-0.4, -0.2) is 28.8 Å². The Morgan fingerprint density at radius 2 is 2.28 bits per heavy atom.